The maximum atomic E-state index is 5.28. The van der Waals surface area contributed by atoms with Crippen molar-refractivity contribution in [3.63, 3.8) is 0 Å². The Labute approximate surface area is 82.3 Å². The summed E-state index contributed by atoms with van der Waals surface area (Å²) in [5.41, 5.74) is 0. The molecule has 0 bridgehead atoms. The molecule has 0 atom stereocenters. The molecular formula is C11H11NO2. The molecule has 0 amide bonds. The number of rotatable bonds is 2. The lowest BCUT2D eigenvalue weighted by Gasteiger charge is -2.09. The van der Waals surface area contributed by atoms with E-state index in [0.29, 0.717) is 0 Å². The number of methoxy groups -OCH3 is 2. The standard InChI is InChI=1S/C11H11NO2/c1-13-10-4-3-8-5-6-12-7-9(8)11(10)14-2/h3-7H,1-2H3. The number of nitrogens with zero attached hydrogens (tertiary/aromatic N) is 1. The number of benzene rings is 1. The van der Waals surface area contributed by atoms with Gasteiger partial charge in [0.05, 0.1) is 14.2 Å². The van der Waals surface area contributed by atoms with Crippen molar-refractivity contribution < 1.29 is 9.47 Å². The summed E-state index contributed by atoms with van der Waals surface area (Å²) in [6.45, 7) is 0. The Kier molecular flexibility index (Phi) is 2.23. The van der Waals surface area contributed by atoms with Gasteiger partial charge in [-0.1, -0.05) is 6.07 Å². The number of hydrogen-bond acceptors (Lipinski definition) is 3. The summed E-state index contributed by atoms with van der Waals surface area (Å²) in [6.07, 6.45) is 3.53. The highest BCUT2D eigenvalue weighted by atomic mass is 16.5. The van der Waals surface area contributed by atoms with Crippen molar-refractivity contribution in [2.24, 2.45) is 0 Å². The van der Waals surface area contributed by atoms with Crippen LogP contribution < -0.4 is 9.47 Å². The highest BCUT2D eigenvalue weighted by Gasteiger charge is 2.07. The van der Waals surface area contributed by atoms with E-state index in [2.05, 4.69) is 4.98 Å². The van der Waals surface area contributed by atoms with Crippen LogP contribution in [0.2, 0.25) is 0 Å². The maximum absolute atomic E-state index is 5.28. The average Bonchev–Trinajstić information content (AvgIpc) is 2.27. The average molecular weight is 189 g/mol. The van der Waals surface area contributed by atoms with Gasteiger partial charge in [0.1, 0.15) is 0 Å². The summed E-state index contributed by atoms with van der Waals surface area (Å²) in [5, 5.41) is 2.06. The van der Waals surface area contributed by atoms with E-state index in [9.17, 15) is 0 Å². The number of pyridine rings is 1. The highest BCUT2D eigenvalue weighted by molar-refractivity contribution is 5.89. The van der Waals surface area contributed by atoms with Crippen molar-refractivity contribution in [1.82, 2.24) is 4.98 Å². The molecule has 0 radical (unpaired) electrons. The molecule has 0 fully saturated rings. The molecule has 1 aromatic carbocycles. The summed E-state index contributed by atoms with van der Waals surface area (Å²) < 4.78 is 10.5. The molecule has 3 heteroatoms. The number of hydrogen-bond donors (Lipinski definition) is 0. The number of aromatic nitrogens is 1. The first kappa shape index (κ1) is 8.81. The van der Waals surface area contributed by atoms with Crippen LogP contribution in [0.1, 0.15) is 0 Å². The van der Waals surface area contributed by atoms with E-state index in [-0.39, 0.29) is 0 Å². The first-order valence-corrected chi connectivity index (χ1v) is 4.31. The molecule has 0 N–H and O–H groups in total. The Morgan fingerprint density at radius 2 is 1.93 bits per heavy atom. The topological polar surface area (TPSA) is 31.4 Å². The maximum Gasteiger partial charge on any atom is 0.170 e. The lowest BCUT2D eigenvalue weighted by atomic mass is 10.1. The van der Waals surface area contributed by atoms with Crippen molar-refractivity contribution >= 4 is 10.8 Å². The third-order valence-corrected chi connectivity index (χ3v) is 2.16. The lowest BCUT2D eigenvalue weighted by Crippen LogP contribution is -1.91. The van der Waals surface area contributed by atoms with Gasteiger partial charge in [-0.25, -0.2) is 0 Å². The Bertz CT molecular complexity index is 454. The molecule has 0 aliphatic carbocycles. The number of fused-ring (bicyclic) bond motifs is 1. The van der Waals surface area contributed by atoms with Gasteiger partial charge in [0.25, 0.3) is 0 Å². The first-order valence-electron chi connectivity index (χ1n) is 4.31. The van der Waals surface area contributed by atoms with E-state index >= 15 is 0 Å². The molecule has 0 aliphatic heterocycles. The molecular weight excluding hydrogens is 178 g/mol. The van der Waals surface area contributed by atoms with Crippen LogP contribution in [0.3, 0.4) is 0 Å². The van der Waals surface area contributed by atoms with E-state index in [1.54, 1.807) is 26.6 Å². The summed E-state index contributed by atoms with van der Waals surface area (Å²) >= 11 is 0. The van der Waals surface area contributed by atoms with Crippen LogP contribution in [0.5, 0.6) is 11.5 Å². The van der Waals surface area contributed by atoms with Crippen molar-refractivity contribution in [1.29, 1.82) is 0 Å². The van der Waals surface area contributed by atoms with E-state index in [0.717, 1.165) is 22.3 Å². The van der Waals surface area contributed by atoms with Crippen LogP contribution in [0.25, 0.3) is 10.8 Å². The van der Waals surface area contributed by atoms with Gasteiger partial charge in [0.15, 0.2) is 11.5 Å². The molecule has 0 saturated heterocycles. The van der Waals surface area contributed by atoms with E-state index in [4.69, 9.17) is 9.47 Å². The fraction of sp³-hybridized carbons (Fsp3) is 0.182. The molecule has 72 valence electrons. The van der Waals surface area contributed by atoms with Gasteiger partial charge in [-0.05, 0) is 17.5 Å². The van der Waals surface area contributed by atoms with E-state index in [1.807, 2.05) is 18.2 Å². The lowest BCUT2D eigenvalue weighted by molar-refractivity contribution is 0.358. The molecule has 0 aliphatic rings. The quantitative estimate of drug-likeness (QED) is 0.726. The molecule has 1 heterocycles. The fourth-order valence-electron chi connectivity index (χ4n) is 1.49. The molecule has 0 unspecified atom stereocenters. The van der Waals surface area contributed by atoms with E-state index < -0.39 is 0 Å². The zero-order chi connectivity index (χ0) is 9.97. The smallest absolute Gasteiger partial charge is 0.170 e. The van der Waals surface area contributed by atoms with Crippen LogP contribution >= 0.6 is 0 Å². The van der Waals surface area contributed by atoms with Gasteiger partial charge < -0.3 is 9.47 Å². The third-order valence-electron chi connectivity index (χ3n) is 2.16. The minimum Gasteiger partial charge on any atom is -0.493 e. The van der Waals surface area contributed by atoms with Gasteiger partial charge in [-0.15, -0.1) is 0 Å². The zero-order valence-electron chi connectivity index (χ0n) is 8.15. The van der Waals surface area contributed by atoms with Crippen LogP contribution in [-0.2, 0) is 0 Å². The largest absolute Gasteiger partial charge is 0.493 e. The molecule has 0 saturated carbocycles. The molecule has 2 rings (SSSR count). The van der Waals surface area contributed by atoms with E-state index in [1.165, 1.54) is 0 Å². The second kappa shape index (κ2) is 3.54. The van der Waals surface area contributed by atoms with Crippen molar-refractivity contribution in [2.45, 2.75) is 0 Å². The number of ether oxygens (including phenoxy) is 2. The van der Waals surface area contributed by atoms with Gasteiger partial charge in [0, 0.05) is 17.8 Å². The van der Waals surface area contributed by atoms with Crippen molar-refractivity contribution in [3.8, 4) is 11.5 Å². The summed E-state index contributed by atoms with van der Waals surface area (Å²) in [5.74, 6) is 1.46. The Morgan fingerprint density at radius 3 is 2.64 bits per heavy atom. The van der Waals surface area contributed by atoms with Gasteiger partial charge in [-0.2, -0.15) is 0 Å². The van der Waals surface area contributed by atoms with Crippen molar-refractivity contribution in [2.75, 3.05) is 14.2 Å². The first-order chi connectivity index (χ1) is 6.86. The second-order valence-corrected chi connectivity index (χ2v) is 2.90. The van der Waals surface area contributed by atoms with Crippen molar-refractivity contribution in [3.05, 3.63) is 30.6 Å². The normalized spacial score (nSPS) is 10.1. The van der Waals surface area contributed by atoms with Gasteiger partial charge in [0.2, 0.25) is 0 Å². The minimum absolute atomic E-state index is 0.730. The Hall–Kier alpha value is -1.77. The zero-order valence-corrected chi connectivity index (χ0v) is 8.15. The predicted molar refractivity (Wildman–Crippen MR) is 54.8 cm³/mol. The molecule has 1 aromatic heterocycles. The van der Waals surface area contributed by atoms with Gasteiger partial charge in [-0.3, -0.25) is 4.98 Å². The highest BCUT2D eigenvalue weighted by Crippen LogP contribution is 2.34. The van der Waals surface area contributed by atoms with Gasteiger partial charge >= 0.3 is 0 Å². The second-order valence-electron chi connectivity index (χ2n) is 2.90. The summed E-state index contributed by atoms with van der Waals surface area (Å²) in [7, 11) is 3.25. The van der Waals surface area contributed by atoms with Crippen LogP contribution in [-0.4, -0.2) is 19.2 Å². The third kappa shape index (κ3) is 1.27. The summed E-state index contributed by atoms with van der Waals surface area (Å²) in [4.78, 5) is 4.06. The Morgan fingerprint density at radius 1 is 1.07 bits per heavy atom. The molecule has 3 nitrogen and oxygen atoms in total. The Balaban J connectivity index is 2.77. The van der Waals surface area contributed by atoms with Crippen LogP contribution in [0, 0.1) is 0 Å². The SMILES string of the molecule is COc1ccc2ccncc2c1OC. The molecule has 0 spiro atoms. The van der Waals surface area contributed by atoms with Crippen LogP contribution in [0.4, 0.5) is 0 Å². The molecule has 2 aromatic rings. The molecule has 14 heavy (non-hydrogen) atoms. The minimum atomic E-state index is 0.730. The predicted octanol–water partition coefficient (Wildman–Crippen LogP) is 2.25. The fourth-order valence-corrected chi connectivity index (χ4v) is 1.49. The van der Waals surface area contributed by atoms with Crippen LogP contribution in [0.15, 0.2) is 30.6 Å². The monoisotopic (exact) mass is 189 g/mol. The summed E-state index contributed by atoms with van der Waals surface area (Å²) in [6, 6.07) is 5.82.